The van der Waals surface area contributed by atoms with E-state index in [0.29, 0.717) is 0 Å². The van der Waals surface area contributed by atoms with Crippen molar-refractivity contribution in [2.75, 3.05) is 13.1 Å². The predicted molar refractivity (Wildman–Crippen MR) is 77.0 cm³/mol. The van der Waals surface area contributed by atoms with Crippen molar-refractivity contribution in [2.45, 2.75) is 45.2 Å². The van der Waals surface area contributed by atoms with Gasteiger partial charge in [-0.05, 0) is 38.7 Å². The van der Waals surface area contributed by atoms with E-state index in [-0.39, 0.29) is 18.0 Å². The number of likely N-dealkylation sites (tertiary alicyclic amines) is 1. The fraction of sp³-hybridized carbons (Fsp3) is 0.562. The Morgan fingerprint density at radius 3 is 2.37 bits per heavy atom. The van der Waals surface area contributed by atoms with Crippen molar-refractivity contribution in [3.63, 3.8) is 0 Å². The van der Waals surface area contributed by atoms with E-state index in [4.69, 9.17) is 0 Å². The Kier molecular flexibility index (Phi) is 4.97. The molecule has 1 heterocycles. The highest BCUT2D eigenvalue weighted by Crippen LogP contribution is 2.10. The summed E-state index contributed by atoms with van der Waals surface area (Å²) in [5.41, 5.74) is 1.16. The van der Waals surface area contributed by atoms with E-state index in [1.165, 1.54) is 24.2 Å². The van der Waals surface area contributed by atoms with Gasteiger partial charge in [0.25, 0.3) is 5.91 Å². The molecule has 0 aliphatic carbocycles. The van der Waals surface area contributed by atoms with Crippen molar-refractivity contribution in [1.82, 2.24) is 5.32 Å². The predicted octanol–water partition coefficient (Wildman–Crippen LogP) is 1.32. The molecule has 1 saturated heterocycles. The largest absolute Gasteiger partial charge is 0.344 e. The van der Waals surface area contributed by atoms with Crippen LogP contribution in [-0.2, 0) is 4.79 Å². The molecule has 3 heteroatoms. The molecule has 2 rings (SSSR count). The van der Waals surface area contributed by atoms with Gasteiger partial charge in [0.2, 0.25) is 0 Å². The van der Waals surface area contributed by atoms with Gasteiger partial charge >= 0.3 is 0 Å². The third-order valence-corrected chi connectivity index (χ3v) is 4.16. The van der Waals surface area contributed by atoms with Crippen LogP contribution in [0.5, 0.6) is 0 Å². The molecule has 0 unspecified atom stereocenters. The number of carbonyl (C=O) groups is 1. The van der Waals surface area contributed by atoms with E-state index in [1.807, 2.05) is 32.0 Å². The van der Waals surface area contributed by atoms with Crippen molar-refractivity contribution >= 4 is 5.91 Å². The lowest BCUT2D eigenvalue weighted by Gasteiger charge is -2.29. The maximum absolute atomic E-state index is 12.3. The summed E-state index contributed by atoms with van der Waals surface area (Å²) in [5.74, 6) is 0.174. The second kappa shape index (κ2) is 6.71. The molecule has 1 aliphatic heterocycles. The molecule has 0 saturated carbocycles. The molecular formula is C16H25N2O+. The van der Waals surface area contributed by atoms with Gasteiger partial charge in [0.15, 0.2) is 6.04 Å². The average molecular weight is 261 g/mol. The SMILES string of the molecule is C[C@H](NC(=O)[C@H](C)[NH+]1CCCCC1)c1ccccc1. The van der Waals surface area contributed by atoms with Crippen molar-refractivity contribution in [3.05, 3.63) is 35.9 Å². The zero-order valence-corrected chi connectivity index (χ0v) is 12.0. The Balaban J connectivity index is 1.89. The summed E-state index contributed by atoms with van der Waals surface area (Å²) in [4.78, 5) is 13.7. The maximum Gasteiger partial charge on any atom is 0.278 e. The number of quaternary nitrogens is 1. The molecule has 19 heavy (non-hydrogen) atoms. The quantitative estimate of drug-likeness (QED) is 0.842. The van der Waals surface area contributed by atoms with E-state index >= 15 is 0 Å². The molecule has 2 N–H and O–H groups in total. The first kappa shape index (κ1) is 14.1. The van der Waals surface area contributed by atoms with Gasteiger partial charge in [0, 0.05) is 0 Å². The minimum Gasteiger partial charge on any atom is -0.344 e. The zero-order valence-electron chi connectivity index (χ0n) is 12.0. The molecule has 1 aromatic rings. The fourth-order valence-corrected chi connectivity index (χ4v) is 2.79. The summed E-state index contributed by atoms with van der Waals surface area (Å²) in [6, 6.07) is 10.3. The summed E-state index contributed by atoms with van der Waals surface area (Å²) in [5, 5.41) is 3.13. The molecule has 0 radical (unpaired) electrons. The van der Waals surface area contributed by atoms with Crippen molar-refractivity contribution in [2.24, 2.45) is 0 Å². The molecular weight excluding hydrogens is 236 g/mol. The van der Waals surface area contributed by atoms with Gasteiger partial charge in [-0.3, -0.25) is 4.79 Å². The van der Waals surface area contributed by atoms with Crippen LogP contribution in [-0.4, -0.2) is 25.0 Å². The van der Waals surface area contributed by atoms with Crippen molar-refractivity contribution < 1.29 is 9.69 Å². The van der Waals surface area contributed by atoms with E-state index in [9.17, 15) is 4.79 Å². The van der Waals surface area contributed by atoms with E-state index in [0.717, 1.165) is 18.7 Å². The number of amides is 1. The molecule has 3 nitrogen and oxygen atoms in total. The summed E-state index contributed by atoms with van der Waals surface area (Å²) in [6.45, 7) is 6.36. The molecule has 1 fully saturated rings. The molecule has 0 spiro atoms. The molecule has 0 bridgehead atoms. The van der Waals surface area contributed by atoms with E-state index in [1.54, 1.807) is 0 Å². The fourth-order valence-electron chi connectivity index (χ4n) is 2.79. The minimum atomic E-state index is 0.0615. The second-order valence-corrected chi connectivity index (χ2v) is 5.58. The van der Waals surface area contributed by atoms with Crippen LogP contribution < -0.4 is 10.2 Å². The molecule has 0 aromatic heterocycles. The number of carbonyl (C=O) groups excluding carboxylic acids is 1. The Morgan fingerprint density at radius 1 is 1.11 bits per heavy atom. The van der Waals surface area contributed by atoms with Crippen LogP contribution in [0.15, 0.2) is 30.3 Å². The third-order valence-electron chi connectivity index (χ3n) is 4.16. The Morgan fingerprint density at radius 2 is 1.74 bits per heavy atom. The minimum absolute atomic E-state index is 0.0615. The highest BCUT2D eigenvalue weighted by Gasteiger charge is 2.27. The van der Waals surface area contributed by atoms with Crippen molar-refractivity contribution in [3.8, 4) is 0 Å². The van der Waals surface area contributed by atoms with Crippen LogP contribution in [0.2, 0.25) is 0 Å². The van der Waals surface area contributed by atoms with E-state index < -0.39 is 0 Å². The van der Waals surface area contributed by atoms with Gasteiger partial charge in [-0.25, -0.2) is 0 Å². The molecule has 1 amide bonds. The van der Waals surface area contributed by atoms with E-state index in [2.05, 4.69) is 17.4 Å². The van der Waals surface area contributed by atoms with Crippen LogP contribution in [0.1, 0.15) is 44.7 Å². The van der Waals surface area contributed by atoms with Crippen LogP contribution in [0.3, 0.4) is 0 Å². The Hall–Kier alpha value is -1.35. The number of hydrogen-bond acceptors (Lipinski definition) is 1. The Labute approximate surface area is 116 Å². The van der Waals surface area contributed by atoms with Gasteiger partial charge in [0.05, 0.1) is 19.1 Å². The lowest BCUT2D eigenvalue weighted by Crippen LogP contribution is -3.17. The highest BCUT2D eigenvalue weighted by atomic mass is 16.2. The monoisotopic (exact) mass is 261 g/mol. The van der Waals surface area contributed by atoms with Crippen LogP contribution in [0, 0.1) is 0 Å². The topological polar surface area (TPSA) is 33.5 Å². The number of hydrogen-bond donors (Lipinski definition) is 2. The normalized spacial score (nSPS) is 19.7. The summed E-state index contributed by atoms with van der Waals surface area (Å²) >= 11 is 0. The summed E-state index contributed by atoms with van der Waals surface area (Å²) in [7, 11) is 0. The molecule has 1 aromatic carbocycles. The van der Waals surface area contributed by atoms with Gasteiger partial charge in [0.1, 0.15) is 0 Å². The van der Waals surface area contributed by atoms with Gasteiger partial charge in [-0.15, -0.1) is 0 Å². The zero-order chi connectivity index (χ0) is 13.7. The molecule has 1 aliphatic rings. The highest BCUT2D eigenvalue weighted by molar-refractivity contribution is 5.80. The van der Waals surface area contributed by atoms with Gasteiger partial charge in [-0.2, -0.15) is 0 Å². The van der Waals surface area contributed by atoms with Crippen molar-refractivity contribution in [1.29, 1.82) is 0 Å². The molecule has 104 valence electrons. The number of piperidine rings is 1. The third kappa shape index (κ3) is 3.80. The van der Waals surface area contributed by atoms with Crippen LogP contribution in [0.25, 0.3) is 0 Å². The van der Waals surface area contributed by atoms with Gasteiger partial charge < -0.3 is 10.2 Å². The molecule has 2 atom stereocenters. The number of rotatable bonds is 4. The first-order chi connectivity index (χ1) is 9.18. The Bertz CT molecular complexity index is 398. The lowest BCUT2D eigenvalue weighted by atomic mass is 10.1. The maximum atomic E-state index is 12.3. The number of nitrogens with one attached hydrogen (secondary N) is 2. The average Bonchev–Trinajstić information content (AvgIpc) is 2.48. The first-order valence-corrected chi connectivity index (χ1v) is 7.38. The van der Waals surface area contributed by atoms with Crippen LogP contribution in [0.4, 0.5) is 0 Å². The smallest absolute Gasteiger partial charge is 0.278 e. The summed E-state index contributed by atoms with van der Waals surface area (Å²) in [6.07, 6.45) is 3.82. The second-order valence-electron chi connectivity index (χ2n) is 5.58. The van der Waals surface area contributed by atoms with Gasteiger partial charge in [-0.1, -0.05) is 30.3 Å². The first-order valence-electron chi connectivity index (χ1n) is 7.38. The number of benzene rings is 1. The lowest BCUT2D eigenvalue weighted by molar-refractivity contribution is -0.918. The standard InChI is InChI=1S/C16H24N2O/c1-13(15-9-5-3-6-10-15)17-16(19)14(2)18-11-7-4-8-12-18/h3,5-6,9-10,13-14H,4,7-8,11-12H2,1-2H3,(H,17,19)/p+1/t13-,14-/m0/s1. The summed E-state index contributed by atoms with van der Waals surface area (Å²) < 4.78 is 0. The van der Waals surface area contributed by atoms with Crippen LogP contribution >= 0.6 is 0 Å².